The summed E-state index contributed by atoms with van der Waals surface area (Å²) in [6.45, 7) is 2.86. The fraction of sp³-hybridized carbons (Fsp3) is 0.500. The quantitative estimate of drug-likeness (QED) is 0.705. The molecule has 0 bridgehead atoms. The molecule has 0 saturated heterocycles. The van der Waals surface area contributed by atoms with E-state index in [2.05, 4.69) is 17.8 Å². The van der Waals surface area contributed by atoms with Gasteiger partial charge in [-0.1, -0.05) is 6.92 Å². The molecule has 2 N–H and O–H groups in total. The van der Waals surface area contributed by atoms with Crippen LogP contribution in [0.3, 0.4) is 0 Å². The molecule has 0 unspecified atom stereocenters. The van der Waals surface area contributed by atoms with Crippen LogP contribution in [0.25, 0.3) is 0 Å². The number of rotatable bonds is 4. The molecule has 3 heteroatoms. The van der Waals surface area contributed by atoms with Crippen molar-refractivity contribution in [2.45, 2.75) is 32.4 Å². The highest BCUT2D eigenvalue weighted by atomic mass is 15.1. The van der Waals surface area contributed by atoms with Gasteiger partial charge in [-0.25, -0.2) is 4.98 Å². The number of imidazole rings is 1. The van der Waals surface area contributed by atoms with Crippen LogP contribution >= 0.6 is 0 Å². The van der Waals surface area contributed by atoms with Crippen molar-refractivity contribution >= 4 is 0 Å². The molecule has 3 nitrogen and oxygen atoms in total. The van der Waals surface area contributed by atoms with Crippen LogP contribution in [-0.2, 0) is 6.54 Å². The lowest BCUT2D eigenvalue weighted by Crippen LogP contribution is -2.14. The van der Waals surface area contributed by atoms with Crippen LogP contribution < -0.4 is 5.73 Å². The number of aromatic nitrogens is 2. The van der Waals surface area contributed by atoms with Gasteiger partial charge in [0.15, 0.2) is 0 Å². The number of terminal acetylenes is 1. The third-order valence-corrected chi connectivity index (χ3v) is 2.06. The summed E-state index contributed by atoms with van der Waals surface area (Å²) in [6.07, 6.45) is 10.4. The first-order valence-electron chi connectivity index (χ1n) is 4.48. The molecule has 1 aromatic rings. The molecular weight excluding hydrogens is 162 g/mol. The Morgan fingerprint density at radius 3 is 3.15 bits per heavy atom. The lowest BCUT2D eigenvalue weighted by molar-refractivity contribution is 0.596. The summed E-state index contributed by atoms with van der Waals surface area (Å²) < 4.78 is 2.02. The maximum absolute atomic E-state index is 5.90. The van der Waals surface area contributed by atoms with Crippen molar-refractivity contribution < 1.29 is 0 Å². The van der Waals surface area contributed by atoms with Gasteiger partial charge in [0.25, 0.3) is 0 Å². The third kappa shape index (κ3) is 2.33. The van der Waals surface area contributed by atoms with Crippen LogP contribution in [0.2, 0.25) is 0 Å². The Balaban J connectivity index is 2.72. The number of hydrogen-bond donors (Lipinski definition) is 1. The molecule has 0 saturated carbocycles. The van der Waals surface area contributed by atoms with Crippen molar-refractivity contribution in [3.8, 4) is 12.3 Å². The molecule has 1 aromatic heterocycles. The first-order chi connectivity index (χ1) is 6.29. The molecule has 0 amide bonds. The maximum Gasteiger partial charge on any atom is 0.0948 e. The van der Waals surface area contributed by atoms with Gasteiger partial charge in [0.2, 0.25) is 0 Å². The number of hydrogen-bond acceptors (Lipinski definition) is 2. The lowest BCUT2D eigenvalue weighted by atomic mass is 10.2. The largest absolute Gasteiger partial charge is 0.332 e. The van der Waals surface area contributed by atoms with Crippen LogP contribution in [0.5, 0.6) is 0 Å². The van der Waals surface area contributed by atoms with Crippen LogP contribution in [0.4, 0.5) is 0 Å². The lowest BCUT2D eigenvalue weighted by Gasteiger charge is -2.11. The molecule has 0 aliphatic carbocycles. The zero-order chi connectivity index (χ0) is 9.68. The maximum atomic E-state index is 5.90. The summed E-state index contributed by atoms with van der Waals surface area (Å²) in [7, 11) is 0. The summed E-state index contributed by atoms with van der Waals surface area (Å²) in [4.78, 5) is 4.06. The van der Waals surface area contributed by atoms with Crippen LogP contribution in [0.1, 0.15) is 31.5 Å². The summed E-state index contributed by atoms with van der Waals surface area (Å²) in [5.41, 5.74) is 6.97. The average Bonchev–Trinajstić information content (AvgIpc) is 2.61. The number of nitrogens with two attached hydrogens (primary N) is 1. The minimum absolute atomic E-state index is 0.0697. The first kappa shape index (κ1) is 9.82. The zero-order valence-corrected chi connectivity index (χ0v) is 7.90. The van der Waals surface area contributed by atoms with Gasteiger partial charge in [0.1, 0.15) is 0 Å². The van der Waals surface area contributed by atoms with Crippen LogP contribution in [0.15, 0.2) is 12.5 Å². The number of nitrogens with zero attached hydrogens (tertiary/aromatic N) is 2. The summed E-state index contributed by atoms with van der Waals surface area (Å²) in [5.74, 6) is 2.60. The van der Waals surface area contributed by atoms with Crippen molar-refractivity contribution in [2.75, 3.05) is 0 Å². The van der Waals surface area contributed by atoms with E-state index in [1.54, 1.807) is 6.33 Å². The van der Waals surface area contributed by atoms with E-state index >= 15 is 0 Å². The molecule has 1 atom stereocenters. The molecule has 13 heavy (non-hydrogen) atoms. The van der Waals surface area contributed by atoms with E-state index in [0.717, 1.165) is 25.1 Å². The Morgan fingerprint density at radius 1 is 1.77 bits per heavy atom. The summed E-state index contributed by atoms with van der Waals surface area (Å²) >= 11 is 0. The Morgan fingerprint density at radius 2 is 2.54 bits per heavy atom. The van der Waals surface area contributed by atoms with Gasteiger partial charge in [-0.2, -0.15) is 0 Å². The van der Waals surface area contributed by atoms with E-state index in [-0.39, 0.29) is 6.04 Å². The van der Waals surface area contributed by atoms with Crippen molar-refractivity contribution in [1.29, 1.82) is 0 Å². The molecule has 1 rings (SSSR count). The van der Waals surface area contributed by atoms with Crippen molar-refractivity contribution in [2.24, 2.45) is 5.73 Å². The molecule has 0 radical (unpaired) electrons. The van der Waals surface area contributed by atoms with Crippen LogP contribution in [0, 0.1) is 12.3 Å². The van der Waals surface area contributed by atoms with E-state index in [1.165, 1.54) is 0 Å². The number of aryl methyl sites for hydroxylation is 1. The SMILES string of the molecule is C#CCCn1cncc1[C@H](N)CC. The average molecular weight is 177 g/mol. The van der Waals surface area contributed by atoms with E-state index in [0.29, 0.717) is 0 Å². The topological polar surface area (TPSA) is 43.8 Å². The Labute approximate surface area is 79.0 Å². The summed E-state index contributed by atoms with van der Waals surface area (Å²) in [5, 5.41) is 0. The predicted molar refractivity (Wildman–Crippen MR) is 52.9 cm³/mol. The molecule has 0 aromatic carbocycles. The van der Waals surface area contributed by atoms with Gasteiger partial charge in [-0.05, 0) is 6.42 Å². The smallest absolute Gasteiger partial charge is 0.0948 e. The second-order valence-corrected chi connectivity index (χ2v) is 2.98. The van der Waals surface area contributed by atoms with Gasteiger partial charge in [-0.3, -0.25) is 0 Å². The van der Waals surface area contributed by atoms with Gasteiger partial charge < -0.3 is 10.3 Å². The van der Waals surface area contributed by atoms with E-state index in [4.69, 9.17) is 12.2 Å². The van der Waals surface area contributed by atoms with Crippen molar-refractivity contribution in [3.05, 3.63) is 18.2 Å². The van der Waals surface area contributed by atoms with Crippen molar-refractivity contribution in [3.63, 3.8) is 0 Å². The van der Waals surface area contributed by atoms with Gasteiger partial charge in [0, 0.05) is 25.2 Å². The molecule has 70 valence electrons. The fourth-order valence-electron chi connectivity index (χ4n) is 1.22. The third-order valence-electron chi connectivity index (χ3n) is 2.06. The second kappa shape index (κ2) is 4.68. The highest BCUT2D eigenvalue weighted by molar-refractivity contribution is 5.04. The molecule has 0 fully saturated rings. The zero-order valence-electron chi connectivity index (χ0n) is 7.90. The Hall–Kier alpha value is -1.27. The molecule has 1 heterocycles. The minimum atomic E-state index is 0.0697. The van der Waals surface area contributed by atoms with Gasteiger partial charge >= 0.3 is 0 Å². The minimum Gasteiger partial charge on any atom is -0.332 e. The molecule has 0 aliphatic heterocycles. The standard InChI is InChI=1S/C10H15N3/c1-3-5-6-13-8-12-7-10(13)9(11)4-2/h1,7-9H,4-6,11H2,2H3/t9-/m1/s1. The van der Waals surface area contributed by atoms with E-state index in [9.17, 15) is 0 Å². The molecule has 0 aliphatic rings. The predicted octanol–water partition coefficient (Wildman–Crippen LogP) is 1.32. The molecule has 0 spiro atoms. The highest BCUT2D eigenvalue weighted by Gasteiger charge is 2.08. The van der Waals surface area contributed by atoms with Crippen LogP contribution in [-0.4, -0.2) is 9.55 Å². The first-order valence-corrected chi connectivity index (χ1v) is 4.48. The van der Waals surface area contributed by atoms with E-state index in [1.807, 2.05) is 10.8 Å². The summed E-state index contributed by atoms with van der Waals surface area (Å²) in [6, 6.07) is 0.0697. The normalized spacial score (nSPS) is 12.4. The molecular formula is C10H15N3. The van der Waals surface area contributed by atoms with Crippen molar-refractivity contribution in [1.82, 2.24) is 9.55 Å². The fourth-order valence-corrected chi connectivity index (χ4v) is 1.22. The van der Waals surface area contributed by atoms with Gasteiger partial charge in [-0.15, -0.1) is 12.3 Å². The van der Waals surface area contributed by atoms with Gasteiger partial charge in [0.05, 0.1) is 12.0 Å². The monoisotopic (exact) mass is 177 g/mol. The second-order valence-electron chi connectivity index (χ2n) is 2.98. The highest BCUT2D eigenvalue weighted by Crippen LogP contribution is 2.12. The Kier molecular flexibility index (Phi) is 3.53. The Bertz CT molecular complexity index is 295. The van der Waals surface area contributed by atoms with E-state index < -0.39 is 0 Å².